The molecule has 0 spiro atoms. The monoisotopic (exact) mass is 270 g/mol. The van der Waals surface area contributed by atoms with E-state index in [9.17, 15) is 4.79 Å². The zero-order valence-electron chi connectivity index (χ0n) is 11.8. The van der Waals surface area contributed by atoms with Crippen LogP contribution in [0, 0.1) is 5.92 Å². The standard InChI is InChI=1S/C14H26N2OS/c1-10(2)13(18)14(17)16-9-12-6-4-5-7-15(12)8-11(16)3/h10-13,18H,4-9H2,1-3H3. The van der Waals surface area contributed by atoms with Gasteiger partial charge < -0.3 is 4.90 Å². The summed E-state index contributed by atoms with van der Waals surface area (Å²) in [5.74, 6) is 0.531. The Morgan fingerprint density at radius 2 is 2.00 bits per heavy atom. The predicted octanol–water partition coefficient (Wildman–Crippen LogP) is 2.03. The van der Waals surface area contributed by atoms with Crippen LogP contribution in [0.1, 0.15) is 40.0 Å². The molecule has 2 aliphatic rings. The molecule has 0 aromatic carbocycles. The van der Waals surface area contributed by atoms with E-state index in [1.807, 2.05) is 0 Å². The minimum absolute atomic E-state index is 0.150. The minimum atomic E-state index is -0.150. The number of nitrogens with zero attached hydrogens (tertiary/aromatic N) is 2. The van der Waals surface area contributed by atoms with Crippen molar-refractivity contribution in [2.24, 2.45) is 5.92 Å². The first-order valence-electron chi connectivity index (χ1n) is 7.23. The molecule has 0 radical (unpaired) electrons. The molecule has 4 heteroatoms. The van der Waals surface area contributed by atoms with Gasteiger partial charge >= 0.3 is 0 Å². The molecule has 0 aromatic heterocycles. The Labute approximate surface area is 116 Å². The van der Waals surface area contributed by atoms with Crippen LogP contribution in [0.5, 0.6) is 0 Å². The molecule has 1 amide bonds. The Kier molecular flexibility index (Phi) is 4.59. The number of carbonyl (C=O) groups is 1. The van der Waals surface area contributed by atoms with E-state index in [-0.39, 0.29) is 11.2 Å². The van der Waals surface area contributed by atoms with E-state index in [1.54, 1.807) is 0 Å². The van der Waals surface area contributed by atoms with Crippen LogP contribution in [-0.4, -0.2) is 52.7 Å². The van der Waals surface area contributed by atoms with E-state index >= 15 is 0 Å². The summed E-state index contributed by atoms with van der Waals surface area (Å²) in [7, 11) is 0. The van der Waals surface area contributed by atoms with Crippen molar-refractivity contribution in [3.63, 3.8) is 0 Å². The Bertz CT molecular complexity index is 308. The molecule has 18 heavy (non-hydrogen) atoms. The number of hydrogen-bond donors (Lipinski definition) is 1. The smallest absolute Gasteiger partial charge is 0.236 e. The molecule has 2 fully saturated rings. The molecule has 2 rings (SSSR count). The average Bonchev–Trinajstić information content (AvgIpc) is 2.36. The van der Waals surface area contributed by atoms with Gasteiger partial charge in [-0.15, -0.1) is 0 Å². The fraction of sp³-hybridized carbons (Fsp3) is 0.929. The van der Waals surface area contributed by atoms with E-state index in [1.165, 1.54) is 25.8 Å². The first-order chi connectivity index (χ1) is 8.50. The second-order valence-corrected chi connectivity index (χ2v) is 6.73. The predicted molar refractivity (Wildman–Crippen MR) is 78.0 cm³/mol. The van der Waals surface area contributed by atoms with Gasteiger partial charge in [0, 0.05) is 25.2 Å². The summed E-state index contributed by atoms with van der Waals surface area (Å²) in [6, 6.07) is 0.923. The number of carbonyl (C=O) groups excluding carboxylic acids is 1. The fourth-order valence-corrected chi connectivity index (χ4v) is 3.26. The minimum Gasteiger partial charge on any atom is -0.336 e. The quantitative estimate of drug-likeness (QED) is 0.776. The van der Waals surface area contributed by atoms with Crippen molar-refractivity contribution in [2.45, 2.75) is 57.4 Å². The van der Waals surface area contributed by atoms with Crippen LogP contribution < -0.4 is 0 Å². The molecule has 2 aliphatic heterocycles. The number of thiol groups is 1. The zero-order valence-corrected chi connectivity index (χ0v) is 12.7. The van der Waals surface area contributed by atoms with Crippen LogP contribution >= 0.6 is 12.6 Å². The van der Waals surface area contributed by atoms with Gasteiger partial charge in [-0.05, 0) is 32.2 Å². The van der Waals surface area contributed by atoms with Crippen LogP contribution in [0.15, 0.2) is 0 Å². The highest BCUT2D eigenvalue weighted by Crippen LogP contribution is 2.25. The van der Waals surface area contributed by atoms with E-state index in [0.717, 1.165) is 13.1 Å². The zero-order chi connectivity index (χ0) is 13.3. The second kappa shape index (κ2) is 5.83. The number of amides is 1. The lowest BCUT2D eigenvalue weighted by Gasteiger charge is -2.48. The summed E-state index contributed by atoms with van der Waals surface area (Å²) in [5, 5.41) is -0.150. The van der Waals surface area contributed by atoms with Crippen LogP contribution in [0.4, 0.5) is 0 Å². The molecule has 0 bridgehead atoms. The molecule has 104 valence electrons. The highest BCUT2D eigenvalue weighted by atomic mass is 32.1. The summed E-state index contributed by atoms with van der Waals surface area (Å²) in [4.78, 5) is 17.1. The number of rotatable bonds is 2. The van der Waals surface area contributed by atoms with Crippen molar-refractivity contribution < 1.29 is 4.79 Å². The third kappa shape index (κ3) is 2.85. The van der Waals surface area contributed by atoms with E-state index in [0.29, 0.717) is 18.0 Å². The van der Waals surface area contributed by atoms with Crippen LogP contribution in [0.25, 0.3) is 0 Å². The highest BCUT2D eigenvalue weighted by Gasteiger charge is 2.37. The summed E-state index contributed by atoms with van der Waals surface area (Å²) < 4.78 is 0. The normalized spacial score (nSPS) is 31.3. The van der Waals surface area contributed by atoms with Crippen LogP contribution in [0.2, 0.25) is 0 Å². The third-order valence-electron chi connectivity index (χ3n) is 4.35. The number of hydrogen-bond acceptors (Lipinski definition) is 3. The lowest BCUT2D eigenvalue weighted by atomic mass is 9.96. The van der Waals surface area contributed by atoms with Gasteiger partial charge in [-0.25, -0.2) is 0 Å². The molecule has 0 saturated carbocycles. The van der Waals surface area contributed by atoms with Crippen molar-refractivity contribution in [1.29, 1.82) is 0 Å². The first kappa shape index (κ1) is 14.2. The Balaban J connectivity index is 2.02. The molecule has 3 atom stereocenters. The molecule has 0 N–H and O–H groups in total. The molecule has 2 saturated heterocycles. The van der Waals surface area contributed by atoms with Gasteiger partial charge in [0.2, 0.25) is 5.91 Å². The first-order valence-corrected chi connectivity index (χ1v) is 7.75. The number of piperidine rings is 1. The maximum absolute atomic E-state index is 12.5. The highest BCUT2D eigenvalue weighted by molar-refractivity contribution is 7.81. The van der Waals surface area contributed by atoms with Gasteiger partial charge in [-0.3, -0.25) is 9.69 Å². The topological polar surface area (TPSA) is 23.6 Å². The van der Waals surface area contributed by atoms with E-state index < -0.39 is 0 Å². The molecule has 3 nitrogen and oxygen atoms in total. The third-order valence-corrected chi connectivity index (χ3v) is 5.17. The molecular formula is C14H26N2OS. The van der Waals surface area contributed by atoms with E-state index in [4.69, 9.17) is 0 Å². The summed E-state index contributed by atoms with van der Waals surface area (Å²) in [6.07, 6.45) is 3.87. The summed E-state index contributed by atoms with van der Waals surface area (Å²) in [6.45, 7) is 9.46. The SMILES string of the molecule is CC(C)C(S)C(=O)N1CC2CCCCN2CC1C. The maximum atomic E-state index is 12.5. The lowest BCUT2D eigenvalue weighted by molar-refractivity contribution is -0.138. The molecule has 0 aromatic rings. The van der Waals surface area contributed by atoms with Crippen molar-refractivity contribution in [1.82, 2.24) is 9.80 Å². The van der Waals surface area contributed by atoms with Crippen molar-refractivity contribution in [3.05, 3.63) is 0 Å². The maximum Gasteiger partial charge on any atom is 0.236 e. The van der Waals surface area contributed by atoms with Gasteiger partial charge in [0.05, 0.1) is 5.25 Å². The molecule has 3 unspecified atom stereocenters. The van der Waals surface area contributed by atoms with Gasteiger partial charge in [0.25, 0.3) is 0 Å². The van der Waals surface area contributed by atoms with Gasteiger partial charge in [-0.2, -0.15) is 12.6 Å². The van der Waals surface area contributed by atoms with Crippen molar-refractivity contribution in [2.75, 3.05) is 19.6 Å². The Morgan fingerprint density at radius 3 is 2.67 bits per heavy atom. The van der Waals surface area contributed by atoms with E-state index in [2.05, 4.69) is 43.2 Å². The average molecular weight is 270 g/mol. The van der Waals surface area contributed by atoms with Crippen molar-refractivity contribution in [3.8, 4) is 0 Å². The van der Waals surface area contributed by atoms with Gasteiger partial charge in [0.1, 0.15) is 0 Å². The van der Waals surface area contributed by atoms with Crippen LogP contribution in [0.3, 0.4) is 0 Å². The van der Waals surface area contributed by atoms with Crippen molar-refractivity contribution >= 4 is 18.5 Å². The molecule has 0 aliphatic carbocycles. The van der Waals surface area contributed by atoms with Crippen LogP contribution in [-0.2, 0) is 4.79 Å². The Morgan fingerprint density at radius 1 is 1.28 bits per heavy atom. The Hall–Kier alpha value is -0.220. The summed E-state index contributed by atoms with van der Waals surface area (Å²) >= 11 is 4.48. The van der Waals surface area contributed by atoms with Gasteiger partial charge in [0.15, 0.2) is 0 Å². The fourth-order valence-electron chi connectivity index (χ4n) is 3.11. The molecule has 2 heterocycles. The second-order valence-electron chi connectivity index (χ2n) is 6.17. The largest absolute Gasteiger partial charge is 0.336 e. The number of fused-ring (bicyclic) bond motifs is 1. The number of piperazine rings is 1. The molecular weight excluding hydrogens is 244 g/mol. The van der Waals surface area contributed by atoms with Gasteiger partial charge in [-0.1, -0.05) is 20.3 Å². The lowest BCUT2D eigenvalue weighted by Crippen LogP contribution is -2.61. The summed E-state index contributed by atoms with van der Waals surface area (Å²) in [5.41, 5.74) is 0.